The molecule has 2 N–H and O–H groups in total. The van der Waals surface area contributed by atoms with Gasteiger partial charge in [-0.25, -0.2) is 4.79 Å². The highest BCUT2D eigenvalue weighted by molar-refractivity contribution is 6.49. The average Bonchev–Trinajstić information content (AvgIpc) is 2.75. The van der Waals surface area contributed by atoms with Crippen molar-refractivity contribution >= 4 is 13.2 Å². The van der Waals surface area contributed by atoms with E-state index in [0.717, 1.165) is 5.57 Å². The number of amides is 1. The Labute approximate surface area is 142 Å². The summed E-state index contributed by atoms with van der Waals surface area (Å²) in [5.74, 6) is -0.0583. The third kappa shape index (κ3) is 3.83. The van der Waals surface area contributed by atoms with Gasteiger partial charge in [0.05, 0.1) is 31.5 Å². The van der Waals surface area contributed by atoms with Gasteiger partial charge in [-0.3, -0.25) is 0 Å². The highest BCUT2D eigenvalue weighted by Crippen LogP contribution is 2.43. The fourth-order valence-electron chi connectivity index (χ4n) is 3.13. The van der Waals surface area contributed by atoms with Crippen molar-refractivity contribution in [3.8, 4) is 0 Å². The van der Waals surface area contributed by atoms with E-state index in [1.807, 2.05) is 39.0 Å². The lowest BCUT2D eigenvalue weighted by Crippen LogP contribution is -2.38. The van der Waals surface area contributed by atoms with Crippen LogP contribution in [0.15, 0.2) is 23.8 Å². The fourth-order valence-corrected chi connectivity index (χ4v) is 3.13. The summed E-state index contributed by atoms with van der Waals surface area (Å²) in [4.78, 5) is 11.8. The highest BCUT2D eigenvalue weighted by atomic mass is 16.6. The molecule has 2 saturated heterocycles. The number of carbonyl (C=O) groups is 1. The van der Waals surface area contributed by atoms with Crippen molar-refractivity contribution in [3.63, 3.8) is 0 Å². The minimum absolute atomic E-state index is 0.0583. The molecule has 1 aliphatic carbocycles. The van der Waals surface area contributed by atoms with Crippen LogP contribution in [0.1, 0.15) is 20.8 Å². The maximum atomic E-state index is 11.8. The summed E-state index contributed by atoms with van der Waals surface area (Å²) in [7, 11) is -0.490. The number of rotatable bonds is 3. The zero-order chi connectivity index (χ0) is 17.3. The first-order valence-electron chi connectivity index (χ1n) is 8.26. The van der Waals surface area contributed by atoms with Gasteiger partial charge in [-0.05, 0) is 26.3 Å². The van der Waals surface area contributed by atoms with E-state index in [2.05, 4.69) is 5.32 Å². The molecule has 2 unspecified atom stereocenters. The molecule has 2 aliphatic heterocycles. The molecule has 0 spiro atoms. The van der Waals surface area contributed by atoms with Gasteiger partial charge in [0.1, 0.15) is 5.60 Å². The summed E-state index contributed by atoms with van der Waals surface area (Å²) >= 11 is 0. The van der Waals surface area contributed by atoms with Crippen LogP contribution in [0.2, 0.25) is 5.82 Å². The second-order valence-electron chi connectivity index (χ2n) is 7.19. The van der Waals surface area contributed by atoms with Gasteiger partial charge in [0, 0.05) is 12.4 Å². The van der Waals surface area contributed by atoms with Gasteiger partial charge in [0.15, 0.2) is 0 Å². The third-order valence-corrected chi connectivity index (χ3v) is 4.13. The summed E-state index contributed by atoms with van der Waals surface area (Å²) in [6, 6.07) is 0. The molecule has 1 amide bonds. The Morgan fingerprint density at radius 3 is 2.96 bits per heavy atom. The summed E-state index contributed by atoms with van der Waals surface area (Å²) in [6.45, 7) is 5.95. The number of aliphatic hydroxyl groups excluding tert-OH is 1. The number of carbonyl (C=O) groups excluding carboxylic acids is 1. The minimum atomic E-state index is -0.546. The molecular weight excluding hydrogens is 313 g/mol. The van der Waals surface area contributed by atoms with E-state index in [1.165, 1.54) is 0 Å². The van der Waals surface area contributed by atoms with Crippen LogP contribution < -0.4 is 5.32 Å². The predicted molar refractivity (Wildman–Crippen MR) is 87.5 cm³/mol. The summed E-state index contributed by atoms with van der Waals surface area (Å²) in [6.07, 6.45) is 4.55. The maximum Gasteiger partial charge on any atom is 0.468 e. The van der Waals surface area contributed by atoms with E-state index in [4.69, 9.17) is 18.8 Å². The molecule has 0 aromatic rings. The van der Waals surface area contributed by atoms with Gasteiger partial charge in [-0.1, -0.05) is 18.2 Å². The average molecular weight is 337 g/mol. The molecule has 7 nitrogen and oxygen atoms in total. The maximum absolute atomic E-state index is 11.8. The first-order chi connectivity index (χ1) is 11.4. The highest BCUT2D eigenvalue weighted by Gasteiger charge is 2.52. The minimum Gasteiger partial charge on any atom is -0.444 e. The molecule has 3 aliphatic rings. The number of hydrogen-bond acceptors (Lipinski definition) is 6. The van der Waals surface area contributed by atoms with Crippen LogP contribution in [-0.4, -0.2) is 62.0 Å². The van der Waals surface area contributed by atoms with Crippen LogP contribution >= 0.6 is 0 Å². The smallest absolute Gasteiger partial charge is 0.444 e. The van der Waals surface area contributed by atoms with E-state index in [0.29, 0.717) is 13.2 Å². The number of allylic oxidation sites excluding steroid dienone is 2. The van der Waals surface area contributed by atoms with E-state index < -0.39 is 24.9 Å². The molecule has 2 heterocycles. The summed E-state index contributed by atoms with van der Waals surface area (Å²) in [5, 5.41) is 12.1. The largest absolute Gasteiger partial charge is 0.468 e. The number of hydrogen-bond donors (Lipinski definition) is 2. The van der Waals surface area contributed by atoms with E-state index in [-0.39, 0.29) is 24.6 Å². The van der Waals surface area contributed by atoms with Gasteiger partial charge in [-0.2, -0.15) is 0 Å². The number of nitrogens with one attached hydrogen (secondary N) is 1. The van der Waals surface area contributed by atoms with Crippen molar-refractivity contribution in [1.82, 2.24) is 5.32 Å². The third-order valence-electron chi connectivity index (χ3n) is 4.13. The normalized spacial score (nSPS) is 32.0. The zero-order valence-corrected chi connectivity index (χ0v) is 14.2. The lowest BCUT2D eigenvalue weighted by molar-refractivity contribution is 0.00551. The first kappa shape index (κ1) is 17.5. The van der Waals surface area contributed by atoms with Gasteiger partial charge in [0.25, 0.3) is 0 Å². The Hall–Kier alpha value is -1.35. The summed E-state index contributed by atoms with van der Waals surface area (Å²) < 4.78 is 22.9. The number of aliphatic hydroxyl groups is 1. The quantitative estimate of drug-likeness (QED) is 0.749. The lowest BCUT2D eigenvalue weighted by Gasteiger charge is -2.24. The van der Waals surface area contributed by atoms with Crippen molar-refractivity contribution in [3.05, 3.63) is 23.8 Å². The van der Waals surface area contributed by atoms with Crippen LogP contribution in [0, 0.1) is 0 Å². The Kier molecular flexibility index (Phi) is 5.01. The van der Waals surface area contributed by atoms with E-state index >= 15 is 0 Å². The van der Waals surface area contributed by atoms with Crippen molar-refractivity contribution in [2.75, 3.05) is 19.8 Å². The van der Waals surface area contributed by atoms with Gasteiger partial charge < -0.3 is 29.2 Å². The predicted octanol–water partition coefficient (Wildman–Crippen LogP) is 1.04. The van der Waals surface area contributed by atoms with Crippen molar-refractivity contribution in [2.24, 2.45) is 0 Å². The van der Waals surface area contributed by atoms with Gasteiger partial charge in [-0.15, -0.1) is 0 Å². The van der Waals surface area contributed by atoms with E-state index in [9.17, 15) is 9.90 Å². The summed E-state index contributed by atoms with van der Waals surface area (Å²) in [5.41, 5.74) is 0.484. The molecule has 8 heteroatoms. The molecule has 3 rings (SSSR count). The molecule has 0 radical (unpaired) electrons. The Morgan fingerprint density at radius 1 is 1.46 bits per heavy atom. The molecule has 24 heavy (non-hydrogen) atoms. The molecule has 0 saturated carbocycles. The van der Waals surface area contributed by atoms with Crippen LogP contribution in [0.25, 0.3) is 0 Å². The molecule has 132 valence electrons. The number of ether oxygens (including phenoxy) is 2. The number of alkyl carbamates (subject to hydrolysis) is 1. The first-order valence-corrected chi connectivity index (χ1v) is 8.26. The van der Waals surface area contributed by atoms with Crippen LogP contribution in [0.3, 0.4) is 0 Å². The molecule has 0 bridgehead atoms. The molecule has 4 atom stereocenters. The van der Waals surface area contributed by atoms with Crippen LogP contribution in [0.4, 0.5) is 4.79 Å². The Bertz CT molecular complexity index is 543. The Morgan fingerprint density at radius 2 is 2.25 bits per heavy atom. The fraction of sp³-hybridized carbons (Fsp3) is 0.688. The molecule has 2 fully saturated rings. The van der Waals surface area contributed by atoms with E-state index in [1.54, 1.807) is 0 Å². The Balaban J connectivity index is 1.65. The lowest BCUT2D eigenvalue weighted by atomic mass is 9.65. The van der Waals surface area contributed by atoms with Crippen LogP contribution in [0.5, 0.6) is 0 Å². The topological polar surface area (TPSA) is 86.3 Å². The molecular formula is C16H24BNO6. The molecule has 0 aromatic carbocycles. The SMILES string of the molecule is CC(C)(C)OC(=O)NC[C@H]1OB2O[C@H](CO)COC3C=CC=C1C23. The second kappa shape index (κ2) is 6.88. The monoisotopic (exact) mass is 337 g/mol. The van der Waals surface area contributed by atoms with Crippen LogP contribution in [-0.2, 0) is 18.8 Å². The van der Waals surface area contributed by atoms with Gasteiger partial charge >= 0.3 is 13.2 Å². The van der Waals surface area contributed by atoms with Crippen molar-refractivity contribution in [2.45, 2.75) is 50.5 Å². The zero-order valence-electron chi connectivity index (χ0n) is 14.2. The van der Waals surface area contributed by atoms with Crippen molar-refractivity contribution in [1.29, 1.82) is 0 Å². The standard InChI is InChI=1S/C16H24BNO6/c1-16(2,3)22-15(20)18-7-13-11-5-4-6-12-14(11)17(24-13)23-10(8-19)9-21-12/h4-6,10,12-14,19H,7-9H2,1-3H3,(H,18,20)/t10-,12?,13-,14?/m1/s1. The molecule has 0 aromatic heterocycles. The second-order valence-corrected chi connectivity index (χ2v) is 7.19. The van der Waals surface area contributed by atoms with Gasteiger partial charge in [0.2, 0.25) is 0 Å². The van der Waals surface area contributed by atoms with Crippen molar-refractivity contribution < 1.29 is 28.7 Å².